The first-order valence-electron chi connectivity index (χ1n) is 17.4. The highest BCUT2D eigenvalue weighted by Gasteiger charge is 2.66. The molecule has 5 atom stereocenters. The number of rotatable bonds is 12. The molecule has 0 spiro atoms. The van der Waals surface area contributed by atoms with Crippen LogP contribution in [0.25, 0.3) is 0 Å². The Hall–Kier alpha value is -3.70. The smallest absolute Gasteiger partial charge is 0.406 e. The average Bonchev–Trinajstić information content (AvgIpc) is 3.34. The van der Waals surface area contributed by atoms with E-state index >= 15 is 0 Å². The molecule has 5 rings (SSSR count). The van der Waals surface area contributed by atoms with Crippen molar-refractivity contribution in [1.29, 1.82) is 0 Å². The number of ether oxygens (including phenoxy) is 1. The van der Waals surface area contributed by atoms with Gasteiger partial charge in [0.25, 0.3) is 20.0 Å². The molecule has 2 heterocycles. The predicted octanol–water partition coefficient (Wildman–Crippen LogP) is 5.71. The molecule has 1 fully saturated rings. The number of hydrogen-bond donors (Lipinski definition) is 3. The first-order valence-corrected chi connectivity index (χ1v) is 23.4. The summed E-state index contributed by atoms with van der Waals surface area (Å²) in [5.74, 6) is -3.18. The van der Waals surface area contributed by atoms with Crippen molar-refractivity contribution in [3.05, 3.63) is 119 Å². The van der Waals surface area contributed by atoms with E-state index in [4.69, 9.17) is 18.1 Å². The van der Waals surface area contributed by atoms with Crippen LogP contribution in [0.2, 0.25) is 23.2 Å². The quantitative estimate of drug-likeness (QED) is 0.0924. The van der Waals surface area contributed by atoms with Crippen LogP contribution in [0, 0.1) is 0 Å². The molecule has 0 radical (unpaired) electrons. The van der Waals surface area contributed by atoms with Crippen molar-refractivity contribution in [2.45, 2.75) is 88.9 Å². The van der Waals surface area contributed by atoms with E-state index in [9.17, 15) is 24.2 Å². The molecule has 0 aliphatic carbocycles. The Morgan fingerprint density at radius 3 is 1.91 bits per heavy atom. The minimum atomic E-state index is -3.44. The van der Waals surface area contributed by atoms with Gasteiger partial charge in [-0.1, -0.05) is 125 Å². The van der Waals surface area contributed by atoms with Crippen LogP contribution in [-0.4, -0.2) is 66.7 Å². The van der Waals surface area contributed by atoms with E-state index in [1.165, 1.54) is 12.3 Å². The summed E-state index contributed by atoms with van der Waals surface area (Å²) in [6.45, 7) is 16.2. The molecule has 1 unspecified atom stereocenters. The first-order chi connectivity index (χ1) is 24.8. The molecule has 3 N–H and O–H groups in total. The second-order valence-electron chi connectivity index (χ2n) is 15.7. The highest BCUT2D eigenvalue weighted by atomic mass is 31.1. The van der Waals surface area contributed by atoms with Crippen molar-refractivity contribution in [2.24, 2.45) is 0 Å². The normalized spacial score (nSPS) is 21.3. The first kappa shape index (κ1) is 40.5. The van der Waals surface area contributed by atoms with Crippen LogP contribution in [0.15, 0.2) is 108 Å². The lowest BCUT2D eigenvalue weighted by Crippen LogP contribution is -2.67. The standard InChI is InChI=1S/C38H48N3O9PSi2/c1-36(2,3)52(7,8)49-32-30(26-47-53(37(4,5)6,28-20-14-10-15-21-28)29-22-16-11-17-23-29)48-34(38(32,44)50-51(45)46)41-25-24-31(40-35(41)43)39-33(42)27-18-12-9-13-19-27/h9-25,30,32,34,44H,26H2,1-8H3,(H-,39,40,42,43,45,46)/p+1/t30-,32-,34-,38-/m1/s1. The lowest BCUT2D eigenvalue weighted by molar-refractivity contribution is -0.228. The van der Waals surface area contributed by atoms with E-state index in [1.807, 2.05) is 94.5 Å². The second-order valence-corrected chi connectivity index (χ2v) is 25.4. The van der Waals surface area contributed by atoms with Crippen LogP contribution in [-0.2, 0) is 22.7 Å². The van der Waals surface area contributed by atoms with Crippen molar-refractivity contribution in [1.82, 2.24) is 9.55 Å². The van der Waals surface area contributed by atoms with Crippen molar-refractivity contribution < 1.29 is 37.5 Å². The number of benzene rings is 3. The third-order valence-electron chi connectivity index (χ3n) is 10.1. The van der Waals surface area contributed by atoms with Gasteiger partial charge in [0, 0.05) is 16.3 Å². The summed E-state index contributed by atoms with van der Waals surface area (Å²) in [6, 6.07) is 29.7. The average molecular weight is 779 g/mol. The van der Waals surface area contributed by atoms with Gasteiger partial charge in [-0.15, -0.1) is 4.89 Å². The summed E-state index contributed by atoms with van der Waals surface area (Å²) >= 11 is 0. The Labute approximate surface area is 313 Å². The number of nitrogens with one attached hydrogen (secondary N) is 1. The zero-order valence-electron chi connectivity index (χ0n) is 31.3. The maximum Gasteiger partial charge on any atom is 0.698 e. The van der Waals surface area contributed by atoms with Crippen LogP contribution >= 0.6 is 8.25 Å². The van der Waals surface area contributed by atoms with Gasteiger partial charge in [-0.05, 0) is 51.7 Å². The number of nitrogens with zero attached hydrogens (tertiary/aromatic N) is 2. The zero-order valence-corrected chi connectivity index (χ0v) is 34.2. The minimum absolute atomic E-state index is 0.0450. The monoisotopic (exact) mass is 778 g/mol. The molecule has 1 amide bonds. The van der Waals surface area contributed by atoms with E-state index < -0.39 is 65.7 Å². The van der Waals surface area contributed by atoms with Gasteiger partial charge in [0.1, 0.15) is 18.0 Å². The van der Waals surface area contributed by atoms with Crippen LogP contribution in [0.5, 0.6) is 0 Å². The van der Waals surface area contributed by atoms with E-state index in [1.54, 1.807) is 30.3 Å². The Morgan fingerprint density at radius 1 is 0.906 bits per heavy atom. The van der Waals surface area contributed by atoms with Crippen molar-refractivity contribution in [2.75, 3.05) is 11.9 Å². The molecule has 0 saturated carbocycles. The molecule has 3 aromatic carbocycles. The summed E-state index contributed by atoms with van der Waals surface area (Å²) < 4.78 is 39.4. The molecule has 1 aliphatic rings. The molecule has 282 valence electrons. The summed E-state index contributed by atoms with van der Waals surface area (Å²) in [4.78, 5) is 40.6. The maximum atomic E-state index is 13.7. The number of amides is 1. The molecule has 1 aromatic heterocycles. The van der Waals surface area contributed by atoms with E-state index in [-0.39, 0.29) is 17.5 Å². The maximum absolute atomic E-state index is 13.7. The van der Waals surface area contributed by atoms with Crippen LogP contribution in [0.4, 0.5) is 5.82 Å². The highest BCUT2D eigenvalue weighted by Crippen LogP contribution is 2.49. The van der Waals surface area contributed by atoms with E-state index in [0.717, 1.165) is 14.9 Å². The molecule has 12 nitrogen and oxygen atoms in total. The summed E-state index contributed by atoms with van der Waals surface area (Å²) in [7, 11) is -9.38. The fourth-order valence-corrected chi connectivity index (χ4v) is 12.7. The van der Waals surface area contributed by atoms with Crippen molar-refractivity contribution in [3.63, 3.8) is 0 Å². The molecule has 1 saturated heterocycles. The fourth-order valence-electron chi connectivity index (χ4n) is 6.42. The number of carbonyl (C=O) groups excluding carboxylic acids is 1. The van der Waals surface area contributed by atoms with Crippen LogP contribution < -0.4 is 21.4 Å². The highest BCUT2D eigenvalue weighted by molar-refractivity contribution is 7.32. The van der Waals surface area contributed by atoms with Crippen molar-refractivity contribution >= 4 is 47.0 Å². The molecule has 1 aliphatic heterocycles. The Morgan fingerprint density at radius 2 is 1.43 bits per heavy atom. The molecule has 0 bridgehead atoms. The van der Waals surface area contributed by atoms with Crippen LogP contribution in [0.3, 0.4) is 0 Å². The van der Waals surface area contributed by atoms with Gasteiger partial charge in [0.15, 0.2) is 14.5 Å². The topological polar surface area (TPSA) is 158 Å². The minimum Gasteiger partial charge on any atom is -0.406 e. The van der Waals surface area contributed by atoms with Gasteiger partial charge in [-0.25, -0.2) is 4.79 Å². The van der Waals surface area contributed by atoms with Gasteiger partial charge in [-0.3, -0.25) is 9.36 Å². The summed E-state index contributed by atoms with van der Waals surface area (Å²) in [5, 5.41) is 16.3. The van der Waals surface area contributed by atoms with Crippen molar-refractivity contribution in [3.8, 4) is 0 Å². The molecular formula is C38H49N3O9PSi2+. The third kappa shape index (κ3) is 8.36. The molecule has 15 heteroatoms. The van der Waals surface area contributed by atoms with Gasteiger partial charge in [-0.2, -0.15) is 4.98 Å². The number of aromatic nitrogens is 2. The van der Waals surface area contributed by atoms with Gasteiger partial charge < -0.3 is 24.0 Å². The Kier molecular flexibility index (Phi) is 11.9. The number of anilines is 1. The van der Waals surface area contributed by atoms with Crippen LogP contribution in [0.1, 0.15) is 58.1 Å². The molecule has 53 heavy (non-hydrogen) atoms. The lowest BCUT2D eigenvalue weighted by atomic mass is 10.1. The third-order valence-corrected chi connectivity index (χ3v) is 20.0. The molecule has 4 aromatic rings. The number of aliphatic hydroxyl groups is 1. The Balaban J connectivity index is 1.60. The predicted molar refractivity (Wildman–Crippen MR) is 208 cm³/mol. The Bertz CT molecular complexity index is 1920. The fraction of sp³-hybridized carbons (Fsp3) is 0.395. The van der Waals surface area contributed by atoms with Gasteiger partial charge >= 0.3 is 13.9 Å². The van der Waals surface area contributed by atoms with Gasteiger partial charge in [0.2, 0.25) is 0 Å². The molecular weight excluding hydrogens is 730 g/mol. The number of hydrogen-bond acceptors (Lipinski definition) is 9. The summed E-state index contributed by atoms with van der Waals surface area (Å²) in [6.07, 6.45) is -2.91. The summed E-state index contributed by atoms with van der Waals surface area (Å²) in [5.41, 5.74) is -0.558. The zero-order chi connectivity index (χ0) is 38.8. The largest absolute Gasteiger partial charge is 0.698 e. The van der Waals surface area contributed by atoms with Gasteiger partial charge in [0.05, 0.1) is 6.61 Å². The number of carbonyl (C=O) groups is 1. The van der Waals surface area contributed by atoms with E-state index in [0.29, 0.717) is 5.56 Å². The van der Waals surface area contributed by atoms with E-state index in [2.05, 4.69) is 31.1 Å². The lowest BCUT2D eigenvalue weighted by Gasteiger charge is -2.44. The SMILES string of the molecule is CC(C)(C)[Si](C)(C)O[C@@H]1[C@@H](CO[Si](c2ccccc2)(c2ccccc2)C(C)(C)C)O[C@@H](n2ccc(NC(=O)c3ccccc3)nc2=O)[C@]1(O)O[P+](=O)O. The second kappa shape index (κ2) is 15.6.